The van der Waals surface area contributed by atoms with E-state index in [-0.39, 0.29) is 12.5 Å². The van der Waals surface area contributed by atoms with Crippen LogP contribution in [0.1, 0.15) is 22.6 Å². The minimum absolute atomic E-state index is 0.0721. The maximum atomic E-state index is 11.4. The fraction of sp³-hybridized carbons (Fsp3) is 0.294. The van der Waals surface area contributed by atoms with Crippen LogP contribution >= 0.6 is 23.2 Å². The van der Waals surface area contributed by atoms with Crippen molar-refractivity contribution in [1.29, 1.82) is 0 Å². The van der Waals surface area contributed by atoms with Gasteiger partial charge in [0.15, 0.2) is 0 Å². The molecule has 0 N–H and O–H groups in total. The number of hydrogen-bond acceptors (Lipinski definition) is 3. The summed E-state index contributed by atoms with van der Waals surface area (Å²) in [6.45, 7) is 2.06. The van der Waals surface area contributed by atoms with Crippen LogP contribution in [0.25, 0.3) is 0 Å². The van der Waals surface area contributed by atoms with Gasteiger partial charge in [0.1, 0.15) is 0 Å². The van der Waals surface area contributed by atoms with Crippen molar-refractivity contribution in [2.24, 2.45) is 0 Å². The molecule has 2 aromatic carbocycles. The van der Waals surface area contributed by atoms with Crippen LogP contribution in [0.4, 0.5) is 0 Å². The molecule has 2 rings (SSSR count). The van der Waals surface area contributed by atoms with Gasteiger partial charge in [0.05, 0.1) is 12.9 Å². The molecule has 0 aliphatic carbocycles. The van der Waals surface area contributed by atoms with Gasteiger partial charge in [-0.25, -0.2) is 0 Å². The van der Waals surface area contributed by atoms with E-state index in [9.17, 15) is 8.42 Å². The van der Waals surface area contributed by atoms with E-state index in [1.807, 2.05) is 37.3 Å². The van der Waals surface area contributed by atoms with Gasteiger partial charge in [-0.15, -0.1) is 0 Å². The van der Waals surface area contributed by atoms with Crippen molar-refractivity contribution in [3.63, 3.8) is 0 Å². The van der Waals surface area contributed by atoms with Gasteiger partial charge in [-0.1, -0.05) is 53.5 Å². The van der Waals surface area contributed by atoms with E-state index >= 15 is 0 Å². The van der Waals surface area contributed by atoms with Crippen molar-refractivity contribution in [3.8, 4) is 0 Å². The smallest absolute Gasteiger partial charge is 0.264 e. The first-order valence-corrected chi connectivity index (χ1v) is 9.67. The Bertz CT molecular complexity index is 788. The maximum Gasteiger partial charge on any atom is 0.264 e. The molecule has 0 fully saturated rings. The highest BCUT2D eigenvalue weighted by atomic mass is 35.5. The molecule has 0 saturated carbocycles. The third-order valence-electron chi connectivity index (χ3n) is 3.59. The van der Waals surface area contributed by atoms with E-state index in [2.05, 4.69) is 0 Å². The third kappa shape index (κ3) is 5.50. The van der Waals surface area contributed by atoms with Crippen molar-refractivity contribution < 1.29 is 12.6 Å². The number of aryl methyl sites for hydroxylation is 1. The Morgan fingerprint density at radius 3 is 2.43 bits per heavy atom. The highest BCUT2D eigenvalue weighted by Gasteiger charge is 2.18. The van der Waals surface area contributed by atoms with Crippen LogP contribution in [-0.4, -0.2) is 21.3 Å². The molecule has 124 valence electrons. The lowest BCUT2D eigenvalue weighted by Gasteiger charge is -2.20. The van der Waals surface area contributed by atoms with Crippen LogP contribution in [0, 0.1) is 6.92 Å². The summed E-state index contributed by atoms with van der Waals surface area (Å²) in [4.78, 5) is 0. The molecule has 0 aliphatic heterocycles. The first-order chi connectivity index (χ1) is 10.8. The molecule has 6 heteroatoms. The van der Waals surface area contributed by atoms with Crippen molar-refractivity contribution in [2.75, 3.05) is 12.9 Å². The largest absolute Gasteiger partial charge is 0.270 e. The Balaban J connectivity index is 2.31. The van der Waals surface area contributed by atoms with Gasteiger partial charge < -0.3 is 0 Å². The van der Waals surface area contributed by atoms with Crippen molar-refractivity contribution in [1.82, 2.24) is 0 Å². The molecule has 0 aromatic heterocycles. The number of hydrogen-bond donors (Lipinski definition) is 0. The molecule has 2 aromatic rings. The second kappa shape index (κ2) is 7.67. The van der Waals surface area contributed by atoms with Crippen LogP contribution in [-0.2, 0) is 20.7 Å². The Hall–Kier alpha value is -1.07. The number of rotatable bonds is 6. The molecule has 0 spiro atoms. The first-order valence-electron chi connectivity index (χ1n) is 7.10. The fourth-order valence-electron chi connectivity index (χ4n) is 2.46. The quantitative estimate of drug-likeness (QED) is 0.695. The average Bonchev–Trinajstić information content (AvgIpc) is 2.45. The highest BCUT2D eigenvalue weighted by molar-refractivity contribution is 7.85. The normalized spacial score (nSPS) is 13.0. The summed E-state index contributed by atoms with van der Waals surface area (Å²) in [5, 5.41) is 1.13. The van der Waals surface area contributed by atoms with E-state index in [4.69, 9.17) is 27.4 Å². The van der Waals surface area contributed by atoms with Gasteiger partial charge in [-0.05, 0) is 42.2 Å². The summed E-state index contributed by atoms with van der Waals surface area (Å²) in [6.07, 6.45) is 1.62. The van der Waals surface area contributed by atoms with Gasteiger partial charge in [0.25, 0.3) is 10.1 Å². The molecule has 0 saturated heterocycles. The molecule has 0 heterocycles. The summed E-state index contributed by atoms with van der Waals surface area (Å²) in [5.74, 6) is -0.121. The zero-order valence-electron chi connectivity index (χ0n) is 12.9. The number of benzene rings is 2. The summed E-state index contributed by atoms with van der Waals surface area (Å²) in [6, 6.07) is 13.2. The molecule has 1 atom stereocenters. The summed E-state index contributed by atoms with van der Waals surface area (Å²) >= 11 is 12.2. The van der Waals surface area contributed by atoms with Crippen LogP contribution in [0.15, 0.2) is 42.5 Å². The highest BCUT2D eigenvalue weighted by Crippen LogP contribution is 2.29. The average molecular weight is 373 g/mol. The fourth-order valence-corrected chi connectivity index (χ4v) is 3.36. The number of halogens is 2. The lowest BCUT2D eigenvalue weighted by atomic mass is 9.90. The van der Waals surface area contributed by atoms with E-state index in [0.29, 0.717) is 16.5 Å². The van der Waals surface area contributed by atoms with E-state index in [1.165, 1.54) is 0 Å². The van der Waals surface area contributed by atoms with E-state index < -0.39 is 10.1 Å². The summed E-state index contributed by atoms with van der Waals surface area (Å²) < 4.78 is 27.7. The molecule has 0 amide bonds. The van der Waals surface area contributed by atoms with Crippen molar-refractivity contribution in [2.45, 2.75) is 19.3 Å². The van der Waals surface area contributed by atoms with Crippen molar-refractivity contribution >= 4 is 33.3 Å². The van der Waals surface area contributed by atoms with Crippen LogP contribution in [0.5, 0.6) is 0 Å². The predicted molar refractivity (Wildman–Crippen MR) is 94.9 cm³/mol. The van der Waals surface area contributed by atoms with Gasteiger partial charge in [0.2, 0.25) is 0 Å². The molecular weight excluding hydrogens is 355 g/mol. The molecule has 0 radical (unpaired) electrons. The van der Waals surface area contributed by atoms with Gasteiger partial charge in [0, 0.05) is 16.0 Å². The molecule has 0 unspecified atom stereocenters. The Labute approximate surface area is 147 Å². The third-order valence-corrected chi connectivity index (χ3v) is 4.74. The first kappa shape index (κ1) is 18.3. The van der Waals surface area contributed by atoms with Gasteiger partial charge >= 0.3 is 0 Å². The van der Waals surface area contributed by atoms with E-state index in [1.54, 1.807) is 12.1 Å². The second-order valence-corrected chi connectivity index (χ2v) is 7.97. The molecule has 3 nitrogen and oxygen atoms in total. The summed E-state index contributed by atoms with van der Waals surface area (Å²) in [5.41, 5.74) is 3.03. The zero-order chi connectivity index (χ0) is 17.0. The second-order valence-electron chi connectivity index (χ2n) is 5.48. The Kier molecular flexibility index (Phi) is 6.09. The lowest BCUT2D eigenvalue weighted by Crippen LogP contribution is -2.15. The summed E-state index contributed by atoms with van der Waals surface area (Å²) in [7, 11) is -3.50. The van der Waals surface area contributed by atoms with Crippen LogP contribution < -0.4 is 0 Å². The maximum absolute atomic E-state index is 11.4. The topological polar surface area (TPSA) is 43.4 Å². The Morgan fingerprint density at radius 1 is 1.13 bits per heavy atom. The lowest BCUT2D eigenvalue weighted by molar-refractivity contribution is 0.293. The monoisotopic (exact) mass is 372 g/mol. The van der Waals surface area contributed by atoms with E-state index in [0.717, 1.165) is 22.9 Å². The standard InChI is InChI=1S/C17H18Cl2O3S/c1-12-5-3-4-6-16(12)14(11-22-23(2,20)21)9-13-7-8-15(18)10-17(13)19/h3-8,10,14H,9,11H2,1-2H3/t14-/m0/s1. The van der Waals surface area contributed by atoms with Crippen LogP contribution in [0.3, 0.4) is 0 Å². The SMILES string of the molecule is Cc1ccccc1[C@H](COS(C)(=O)=O)Cc1ccc(Cl)cc1Cl. The minimum atomic E-state index is -3.50. The van der Waals surface area contributed by atoms with Gasteiger partial charge in [-0.3, -0.25) is 4.18 Å². The molecule has 0 aliphatic rings. The molecule has 0 bridgehead atoms. The zero-order valence-corrected chi connectivity index (χ0v) is 15.3. The minimum Gasteiger partial charge on any atom is -0.270 e. The molecule has 23 heavy (non-hydrogen) atoms. The van der Waals surface area contributed by atoms with Crippen LogP contribution in [0.2, 0.25) is 10.0 Å². The Morgan fingerprint density at radius 2 is 1.83 bits per heavy atom. The predicted octanol–water partition coefficient (Wildman–Crippen LogP) is 4.60. The van der Waals surface area contributed by atoms with Crippen molar-refractivity contribution in [3.05, 3.63) is 69.2 Å². The molecular formula is C17H18Cl2O3S. The van der Waals surface area contributed by atoms with Gasteiger partial charge in [-0.2, -0.15) is 8.42 Å².